The van der Waals surface area contributed by atoms with Gasteiger partial charge in [-0.25, -0.2) is 0 Å². The van der Waals surface area contributed by atoms with Crippen LogP contribution < -0.4 is 4.74 Å². The summed E-state index contributed by atoms with van der Waals surface area (Å²) >= 11 is 0. The third kappa shape index (κ3) is 2.52. The summed E-state index contributed by atoms with van der Waals surface area (Å²) in [7, 11) is 0. The Kier molecular flexibility index (Phi) is 2.93. The molecule has 0 amide bonds. The quantitative estimate of drug-likeness (QED) is 0.755. The van der Waals surface area contributed by atoms with E-state index in [1.165, 1.54) is 0 Å². The minimum Gasteiger partial charge on any atom is -0.458 e. The van der Waals surface area contributed by atoms with Crippen LogP contribution in [-0.4, -0.2) is 5.11 Å². The minimum absolute atomic E-state index is 0.366. The standard InChI is InChI=1S/C18H16O3/c19-18(12-6-7-12)17-11-13-10-15(8-9-16(13)21-17)20-14-4-2-1-3-5-14/h1-5,8-12,18-19H,6-7H2. The van der Waals surface area contributed by atoms with Crippen molar-refractivity contribution in [3.8, 4) is 11.5 Å². The highest BCUT2D eigenvalue weighted by Crippen LogP contribution is 2.42. The molecule has 1 unspecified atom stereocenters. The molecule has 106 valence electrons. The second-order valence-corrected chi connectivity index (χ2v) is 5.55. The topological polar surface area (TPSA) is 42.6 Å². The molecule has 0 bridgehead atoms. The fraction of sp³-hybridized carbons (Fsp3) is 0.222. The van der Waals surface area contributed by atoms with Crippen LogP contribution in [0.4, 0.5) is 0 Å². The van der Waals surface area contributed by atoms with Crippen LogP contribution in [0.2, 0.25) is 0 Å². The molecular formula is C18H16O3. The molecule has 0 saturated heterocycles. The van der Waals surface area contributed by atoms with Crippen LogP contribution in [0, 0.1) is 5.92 Å². The van der Waals surface area contributed by atoms with Crippen LogP contribution in [0.15, 0.2) is 59.0 Å². The zero-order chi connectivity index (χ0) is 14.2. The Labute approximate surface area is 122 Å². The molecular weight excluding hydrogens is 264 g/mol. The SMILES string of the molecule is OC(c1cc2cc(Oc3ccccc3)ccc2o1)C1CC1. The Morgan fingerprint density at radius 1 is 1.00 bits per heavy atom. The molecule has 1 saturated carbocycles. The van der Waals surface area contributed by atoms with Gasteiger partial charge in [-0.2, -0.15) is 0 Å². The molecule has 3 nitrogen and oxygen atoms in total. The first-order chi connectivity index (χ1) is 10.3. The van der Waals surface area contributed by atoms with Gasteiger partial charge in [-0.1, -0.05) is 18.2 Å². The molecule has 0 spiro atoms. The van der Waals surface area contributed by atoms with Crippen molar-refractivity contribution in [2.75, 3.05) is 0 Å². The average molecular weight is 280 g/mol. The Morgan fingerprint density at radius 2 is 1.81 bits per heavy atom. The predicted molar refractivity (Wildman–Crippen MR) is 80.4 cm³/mol. The van der Waals surface area contributed by atoms with Gasteiger partial charge in [-0.15, -0.1) is 0 Å². The first kappa shape index (κ1) is 12.5. The van der Waals surface area contributed by atoms with Crippen LogP contribution in [0.1, 0.15) is 24.7 Å². The second kappa shape index (κ2) is 4.93. The third-order valence-electron chi connectivity index (χ3n) is 3.85. The monoisotopic (exact) mass is 280 g/mol. The highest BCUT2D eigenvalue weighted by molar-refractivity contribution is 5.79. The van der Waals surface area contributed by atoms with Gasteiger partial charge < -0.3 is 14.3 Å². The van der Waals surface area contributed by atoms with E-state index in [9.17, 15) is 5.11 Å². The molecule has 1 aromatic heterocycles. The minimum atomic E-state index is -0.476. The molecule has 21 heavy (non-hydrogen) atoms. The summed E-state index contributed by atoms with van der Waals surface area (Å²) in [6, 6.07) is 17.3. The number of fused-ring (bicyclic) bond motifs is 1. The maximum atomic E-state index is 10.1. The Balaban J connectivity index is 1.63. The largest absolute Gasteiger partial charge is 0.458 e. The molecule has 1 heterocycles. The molecule has 1 N–H and O–H groups in total. The number of furan rings is 1. The fourth-order valence-electron chi connectivity index (χ4n) is 2.52. The lowest BCUT2D eigenvalue weighted by Gasteiger charge is -2.04. The van der Waals surface area contributed by atoms with Crippen molar-refractivity contribution in [3.63, 3.8) is 0 Å². The van der Waals surface area contributed by atoms with Crippen LogP contribution in [0.5, 0.6) is 11.5 Å². The van der Waals surface area contributed by atoms with Crippen molar-refractivity contribution < 1.29 is 14.3 Å². The van der Waals surface area contributed by atoms with Crippen LogP contribution >= 0.6 is 0 Å². The lowest BCUT2D eigenvalue weighted by Crippen LogP contribution is -1.96. The van der Waals surface area contributed by atoms with Crippen LogP contribution in [-0.2, 0) is 0 Å². The van der Waals surface area contributed by atoms with Gasteiger partial charge in [0.1, 0.15) is 28.9 Å². The molecule has 0 aliphatic heterocycles. The third-order valence-corrected chi connectivity index (χ3v) is 3.85. The summed E-state index contributed by atoms with van der Waals surface area (Å²) in [6.07, 6.45) is 1.69. The van der Waals surface area contributed by atoms with Crippen molar-refractivity contribution >= 4 is 11.0 Å². The van der Waals surface area contributed by atoms with E-state index < -0.39 is 6.10 Å². The average Bonchev–Trinajstić information content (AvgIpc) is 3.27. The number of aliphatic hydroxyl groups excluding tert-OH is 1. The normalized spacial score (nSPS) is 16.0. The molecule has 2 aromatic carbocycles. The van der Waals surface area contributed by atoms with E-state index in [1.54, 1.807) is 0 Å². The Hall–Kier alpha value is -2.26. The number of hydrogen-bond donors (Lipinski definition) is 1. The molecule has 3 heteroatoms. The first-order valence-corrected chi connectivity index (χ1v) is 7.24. The second-order valence-electron chi connectivity index (χ2n) is 5.55. The highest BCUT2D eigenvalue weighted by Gasteiger charge is 2.32. The smallest absolute Gasteiger partial charge is 0.134 e. The van der Waals surface area contributed by atoms with Crippen LogP contribution in [0.25, 0.3) is 11.0 Å². The number of hydrogen-bond acceptors (Lipinski definition) is 3. The summed E-state index contributed by atoms with van der Waals surface area (Å²) in [4.78, 5) is 0. The van der Waals surface area contributed by atoms with Gasteiger partial charge >= 0.3 is 0 Å². The number of aliphatic hydroxyl groups is 1. The van der Waals surface area contributed by atoms with Gasteiger partial charge in [0, 0.05) is 5.39 Å². The molecule has 1 aliphatic carbocycles. The molecule has 3 aromatic rings. The van der Waals surface area contributed by atoms with Gasteiger partial charge in [0.25, 0.3) is 0 Å². The van der Waals surface area contributed by atoms with Crippen molar-refractivity contribution in [2.45, 2.75) is 18.9 Å². The molecule has 4 rings (SSSR count). The zero-order valence-electron chi connectivity index (χ0n) is 11.5. The zero-order valence-corrected chi connectivity index (χ0v) is 11.5. The van der Waals surface area contributed by atoms with Crippen molar-refractivity contribution in [3.05, 3.63) is 60.4 Å². The maximum absolute atomic E-state index is 10.1. The van der Waals surface area contributed by atoms with E-state index in [0.717, 1.165) is 35.3 Å². The maximum Gasteiger partial charge on any atom is 0.134 e. The van der Waals surface area contributed by atoms with Crippen LogP contribution in [0.3, 0.4) is 0 Å². The summed E-state index contributed by atoms with van der Waals surface area (Å²) in [5.41, 5.74) is 0.783. The Morgan fingerprint density at radius 3 is 2.57 bits per heavy atom. The lowest BCUT2D eigenvalue weighted by atomic mass is 10.1. The summed E-state index contributed by atoms with van der Waals surface area (Å²) < 4.78 is 11.5. The van der Waals surface area contributed by atoms with E-state index in [0.29, 0.717) is 11.7 Å². The van der Waals surface area contributed by atoms with E-state index in [4.69, 9.17) is 9.15 Å². The van der Waals surface area contributed by atoms with Gasteiger partial charge in [0.2, 0.25) is 0 Å². The number of para-hydroxylation sites is 1. The molecule has 1 fully saturated rings. The van der Waals surface area contributed by atoms with Crippen molar-refractivity contribution in [1.29, 1.82) is 0 Å². The summed E-state index contributed by atoms with van der Waals surface area (Å²) in [5, 5.41) is 11.1. The summed E-state index contributed by atoms with van der Waals surface area (Å²) in [5.74, 6) is 2.59. The summed E-state index contributed by atoms with van der Waals surface area (Å²) in [6.45, 7) is 0. The highest BCUT2D eigenvalue weighted by atomic mass is 16.5. The first-order valence-electron chi connectivity index (χ1n) is 7.24. The predicted octanol–water partition coefficient (Wildman–Crippen LogP) is 4.67. The number of rotatable bonds is 4. The Bertz CT molecular complexity index is 756. The van der Waals surface area contributed by atoms with Crippen molar-refractivity contribution in [2.24, 2.45) is 5.92 Å². The molecule has 1 aliphatic rings. The molecule has 1 atom stereocenters. The van der Waals surface area contributed by atoms with E-state index in [2.05, 4.69) is 0 Å². The van der Waals surface area contributed by atoms with Gasteiger partial charge in [0.05, 0.1) is 0 Å². The number of benzene rings is 2. The van der Waals surface area contributed by atoms with E-state index in [-0.39, 0.29) is 0 Å². The van der Waals surface area contributed by atoms with Gasteiger partial charge in [0.15, 0.2) is 0 Å². The lowest BCUT2D eigenvalue weighted by molar-refractivity contribution is 0.129. The van der Waals surface area contributed by atoms with E-state index >= 15 is 0 Å². The van der Waals surface area contributed by atoms with E-state index in [1.807, 2.05) is 54.6 Å². The molecule has 0 radical (unpaired) electrons. The van der Waals surface area contributed by atoms with Crippen molar-refractivity contribution in [1.82, 2.24) is 0 Å². The number of ether oxygens (including phenoxy) is 1. The van der Waals surface area contributed by atoms with Gasteiger partial charge in [-0.3, -0.25) is 0 Å². The van der Waals surface area contributed by atoms with Gasteiger partial charge in [-0.05, 0) is 55.2 Å². The fourth-order valence-corrected chi connectivity index (χ4v) is 2.52.